The smallest absolute Gasteiger partial charge is 0.183 e. The van der Waals surface area contributed by atoms with E-state index in [0.717, 1.165) is 5.56 Å². The fourth-order valence-corrected chi connectivity index (χ4v) is 5.83. The molecule has 26 heavy (non-hydrogen) atoms. The number of ether oxygens (including phenoxy) is 1. The highest BCUT2D eigenvalue weighted by Crippen LogP contribution is 2.63. The summed E-state index contributed by atoms with van der Waals surface area (Å²) in [6.45, 7) is 4.03. The number of benzene rings is 2. The molecule has 1 saturated carbocycles. The molecule has 3 unspecified atom stereocenters. The van der Waals surface area contributed by atoms with Crippen LogP contribution in [0.15, 0.2) is 53.4 Å². The van der Waals surface area contributed by atoms with E-state index < -0.39 is 32.2 Å². The van der Waals surface area contributed by atoms with Crippen LogP contribution in [0.25, 0.3) is 0 Å². The summed E-state index contributed by atoms with van der Waals surface area (Å²) in [6.07, 6.45) is 0. The van der Waals surface area contributed by atoms with Crippen molar-refractivity contribution < 1.29 is 17.5 Å². The van der Waals surface area contributed by atoms with Crippen molar-refractivity contribution in [3.05, 3.63) is 65.5 Å². The number of halogens is 1. The maximum atomic E-state index is 13.7. The first-order valence-corrected chi connectivity index (χ1v) is 9.96. The Kier molecular flexibility index (Phi) is 4.87. The number of aryl methyl sites for hydroxylation is 1. The van der Waals surface area contributed by atoms with E-state index >= 15 is 0 Å². The lowest BCUT2D eigenvalue weighted by molar-refractivity contribution is 0.117. The van der Waals surface area contributed by atoms with E-state index in [2.05, 4.69) is 6.07 Å². The van der Waals surface area contributed by atoms with Gasteiger partial charge >= 0.3 is 0 Å². The molecule has 0 N–H and O–H groups in total. The van der Waals surface area contributed by atoms with E-state index in [1.165, 1.54) is 18.2 Å². The third-order valence-electron chi connectivity index (χ3n) is 4.90. The summed E-state index contributed by atoms with van der Waals surface area (Å²) in [4.78, 5) is 0.170. The average Bonchev–Trinajstić information content (AvgIpc) is 3.31. The zero-order valence-corrected chi connectivity index (χ0v) is 15.5. The van der Waals surface area contributed by atoms with Crippen LogP contribution in [-0.2, 0) is 14.6 Å². The summed E-state index contributed by atoms with van der Waals surface area (Å²) >= 11 is 0. The van der Waals surface area contributed by atoms with E-state index in [4.69, 9.17) is 4.74 Å². The molecule has 0 aliphatic heterocycles. The first kappa shape index (κ1) is 18.6. The number of rotatable bonds is 6. The lowest BCUT2D eigenvalue weighted by Gasteiger charge is -2.10. The topological polar surface area (TPSA) is 67.2 Å². The number of nitriles is 1. The minimum absolute atomic E-state index is 0.00304. The highest BCUT2D eigenvalue weighted by Gasteiger charge is 2.72. The first-order chi connectivity index (χ1) is 12.4. The van der Waals surface area contributed by atoms with Crippen molar-refractivity contribution in [3.8, 4) is 6.07 Å². The summed E-state index contributed by atoms with van der Waals surface area (Å²) in [7, 11) is -3.77. The van der Waals surface area contributed by atoms with Gasteiger partial charge in [0, 0.05) is 12.5 Å². The molecule has 4 nitrogen and oxygen atoms in total. The normalized spacial score (nSPS) is 24.8. The van der Waals surface area contributed by atoms with Crippen LogP contribution < -0.4 is 0 Å². The first-order valence-electron chi connectivity index (χ1n) is 8.42. The molecule has 0 radical (unpaired) electrons. The summed E-state index contributed by atoms with van der Waals surface area (Å²) < 4.78 is 45.5. The molecular formula is C20H20FNO3S. The van der Waals surface area contributed by atoms with Gasteiger partial charge in [-0.2, -0.15) is 5.26 Å². The van der Waals surface area contributed by atoms with Gasteiger partial charge in [0.25, 0.3) is 0 Å². The monoisotopic (exact) mass is 373 g/mol. The van der Waals surface area contributed by atoms with Crippen molar-refractivity contribution in [1.29, 1.82) is 5.26 Å². The second-order valence-electron chi connectivity index (χ2n) is 6.60. The predicted octanol–water partition coefficient (Wildman–Crippen LogP) is 3.62. The molecule has 0 aromatic heterocycles. The molecule has 0 saturated heterocycles. The molecule has 3 atom stereocenters. The second-order valence-corrected chi connectivity index (χ2v) is 8.67. The van der Waals surface area contributed by atoms with Crippen molar-refractivity contribution in [2.45, 2.75) is 29.9 Å². The van der Waals surface area contributed by atoms with Gasteiger partial charge in [-0.3, -0.25) is 0 Å². The van der Waals surface area contributed by atoms with Crippen LogP contribution in [0.3, 0.4) is 0 Å². The zero-order valence-electron chi connectivity index (χ0n) is 14.6. The van der Waals surface area contributed by atoms with Gasteiger partial charge < -0.3 is 4.74 Å². The molecular weight excluding hydrogens is 353 g/mol. The van der Waals surface area contributed by atoms with Crippen molar-refractivity contribution in [2.24, 2.45) is 5.41 Å². The zero-order chi connectivity index (χ0) is 18.9. The molecule has 2 aromatic carbocycles. The number of sulfone groups is 1. The highest BCUT2D eigenvalue weighted by molar-refractivity contribution is 7.92. The molecule has 6 heteroatoms. The van der Waals surface area contributed by atoms with Gasteiger partial charge in [-0.1, -0.05) is 29.8 Å². The summed E-state index contributed by atoms with van der Waals surface area (Å²) in [5, 5.41) is 8.86. The number of hydrogen-bond acceptors (Lipinski definition) is 4. The molecule has 0 spiro atoms. The molecule has 1 fully saturated rings. The highest BCUT2D eigenvalue weighted by atomic mass is 32.2. The predicted molar refractivity (Wildman–Crippen MR) is 95.8 cm³/mol. The van der Waals surface area contributed by atoms with Gasteiger partial charge in [-0.05, 0) is 43.7 Å². The lowest BCUT2D eigenvalue weighted by Crippen LogP contribution is -2.19. The van der Waals surface area contributed by atoms with Crippen molar-refractivity contribution in [1.82, 2.24) is 0 Å². The minimum atomic E-state index is -3.77. The molecule has 2 aromatic rings. The average molecular weight is 373 g/mol. The van der Waals surface area contributed by atoms with Crippen LogP contribution in [0.2, 0.25) is 0 Å². The molecule has 136 valence electrons. The van der Waals surface area contributed by atoms with Crippen molar-refractivity contribution >= 4 is 9.84 Å². The van der Waals surface area contributed by atoms with Crippen LogP contribution in [-0.4, -0.2) is 26.9 Å². The second kappa shape index (κ2) is 6.82. The Balaban J connectivity index is 2.07. The van der Waals surface area contributed by atoms with Crippen LogP contribution in [0.4, 0.5) is 4.39 Å². The molecule has 1 aliphatic carbocycles. The van der Waals surface area contributed by atoms with E-state index in [-0.39, 0.29) is 11.5 Å². The van der Waals surface area contributed by atoms with Crippen LogP contribution in [0.5, 0.6) is 0 Å². The van der Waals surface area contributed by atoms with Crippen LogP contribution in [0.1, 0.15) is 24.0 Å². The standard InChI is InChI=1S/C20H20FNO3S/c1-3-25-13-20(12-22)18(15-5-4-6-16(21)11-15)19(20)26(23,24)17-9-7-14(2)8-10-17/h4-11,18-19H,3,13H2,1-2H3. The van der Waals surface area contributed by atoms with Crippen LogP contribution in [0, 0.1) is 29.5 Å². The number of hydrogen-bond donors (Lipinski definition) is 0. The largest absolute Gasteiger partial charge is 0.380 e. The Morgan fingerprint density at radius 1 is 1.23 bits per heavy atom. The van der Waals surface area contributed by atoms with Gasteiger partial charge in [-0.25, -0.2) is 12.8 Å². The Morgan fingerprint density at radius 3 is 2.50 bits per heavy atom. The maximum absolute atomic E-state index is 13.7. The summed E-state index contributed by atoms with van der Waals surface area (Å²) in [5.41, 5.74) is 0.238. The summed E-state index contributed by atoms with van der Waals surface area (Å²) in [5.74, 6) is -1.08. The lowest BCUT2D eigenvalue weighted by atomic mass is 10.0. The molecule has 0 heterocycles. The van der Waals surface area contributed by atoms with Gasteiger partial charge in [0.2, 0.25) is 0 Å². The minimum Gasteiger partial charge on any atom is -0.380 e. The SMILES string of the molecule is CCOCC1(C#N)C(c2cccc(F)c2)C1S(=O)(=O)c1ccc(C)cc1. The van der Waals surface area contributed by atoms with E-state index in [9.17, 15) is 18.1 Å². The molecule has 1 aliphatic rings. The van der Waals surface area contributed by atoms with E-state index in [1.54, 1.807) is 37.3 Å². The Morgan fingerprint density at radius 2 is 1.92 bits per heavy atom. The fraction of sp³-hybridized carbons (Fsp3) is 0.350. The van der Waals surface area contributed by atoms with Crippen molar-refractivity contribution in [2.75, 3.05) is 13.2 Å². The van der Waals surface area contributed by atoms with Gasteiger partial charge in [-0.15, -0.1) is 0 Å². The van der Waals surface area contributed by atoms with Gasteiger partial charge in [0.15, 0.2) is 9.84 Å². The van der Waals surface area contributed by atoms with E-state index in [1.807, 2.05) is 6.92 Å². The van der Waals surface area contributed by atoms with Gasteiger partial charge in [0.05, 0.1) is 22.8 Å². The molecule has 0 amide bonds. The fourth-order valence-electron chi connectivity index (χ4n) is 3.52. The third-order valence-corrected chi connectivity index (χ3v) is 7.19. The number of nitrogens with zero attached hydrogens (tertiary/aromatic N) is 1. The Labute approximate surface area is 153 Å². The summed E-state index contributed by atoms with van der Waals surface area (Å²) in [6, 6.07) is 14.5. The quantitative estimate of drug-likeness (QED) is 0.776. The Bertz CT molecular complexity index is 950. The van der Waals surface area contributed by atoms with Gasteiger partial charge in [0.1, 0.15) is 11.2 Å². The Hall–Kier alpha value is -2.23. The maximum Gasteiger partial charge on any atom is 0.183 e. The van der Waals surface area contributed by atoms with Crippen LogP contribution >= 0.6 is 0 Å². The van der Waals surface area contributed by atoms with Crippen molar-refractivity contribution in [3.63, 3.8) is 0 Å². The molecule has 0 bridgehead atoms. The van der Waals surface area contributed by atoms with E-state index in [0.29, 0.717) is 12.2 Å². The molecule has 3 rings (SSSR count). The third kappa shape index (κ3) is 3.02.